The molecule has 0 N–H and O–H groups in total. The Kier molecular flexibility index (Phi) is 7.14. The van der Waals surface area contributed by atoms with E-state index in [9.17, 15) is 0 Å². The molecule has 1 aromatic rings. The fraction of sp³-hybridized carbons (Fsp3) is 0.632. The third kappa shape index (κ3) is 5.28. The second-order valence-electron chi connectivity index (χ2n) is 5.94. The van der Waals surface area contributed by atoms with E-state index in [0.29, 0.717) is 0 Å². The summed E-state index contributed by atoms with van der Waals surface area (Å²) < 4.78 is 5.64. The second kappa shape index (κ2) is 9.18. The smallest absolute Gasteiger partial charge is 0.0466 e. The van der Waals surface area contributed by atoms with Gasteiger partial charge in [-0.15, -0.1) is 0 Å². The van der Waals surface area contributed by atoms with Crippen molar-refractivity contribution in [1.82, 2.24) is 0 Å². The fourth-order valence-electron chi connectivity index (χ4n) is 2.96. The molecule has 0 saturated carbocycles. The molecule has 0 saturated heterocycles. The summed E-state index contributed by atoms with van der Waals surface area (Å²) in [7, 11) is 0. The average molecular weight is 273 g/mol. The van der Waals surface area contributed by atoms with Crippen molar-refractivity contribution >= 4 is 0 Å². The average Bonchev–Trinajstić information content (AvgIpc) is 2.50. The van der Waals surface area contributed by atoms with Crippen LogP contribution >= 0.6 is 0 Å². The lowest BCUT2D eigenvalue weighted by Crippen LogP contribution is -2.03. The van der Waals surface area contributed by atoms with Crippen molar-refractivity contribution in [2.24, 2.45) is 0 Å². The van der Waals surface area contributed by atoms with Gasteiger partial charge in [-0.1, -0.05) is 38.0 Å². The number of rotatable bonds is 9. The monoisotopic (exact) mass is 273 g/mol. The molecule has 2 rings (SSSR count). The number of aryl methyl sites for hydroxylation is 3. The summed E-state index contributed by atoms with van der Waals surface area (Å²) in [4.78, 5) is 0. The summed E-state index contributed by atoms with van der Waals surface area (Å²) in [6, 6.07) is 7.14. The standard InChI is InChI=1S/C19H29O/c1-2-3-7-14-20-15-8-6-9-17-12-13-18-10-4-5-11-19(18)16-17/h12-13,16H,1-11,14-15H2. The Morgan fingerprint density at radius 3 is 2.45 bits per heavy atom. The molecule has 0 fully saturated rings. The molecule has 1 aliphatic rings. The molecule has 0 aliphatic heterocycles. The van der Waals surface area contributed by atoms with Crippen LogP contribution in [0.3, 0.4) is 0 Å². The molecule has 111 valence electrons. The third-order valence-electron chi connectivity index (χ3n) is 4.21. The maximum absolute atomic E-state index is 5.64. The Balaban J connectivity index is 1.60. The third-order valence-corrected chi connectivity index (χ3v) is 4.21. The lowest BCUT2D eigenvalue weighted by Gasteiger charge is -2.16. The highest BCUT2D eigenvalue weighted by Crippen LogP contribution is 2.22. The van der Waals surface area contributed by atoms with E-state index in [-0.39, 0.29) is 0 Å². The van der Waals surface area contributed by atoms with E-state index >= 15 is 0 Å². The van der Waals surface area contributed by atoms with E-state index < -0.39 is 0 Å². The van der Waals surface area contributed by atoms with Gasteiger partial charge in [0, 0.05) is 13.2 Å². The van der Waals surface area contributed by atoms with Gasteiger partial charge in [0.15, 0.2) is 0 Å². The highest BCUT2D eigenvalue weighted by Gasteiger charge is 2.09. The zero-order valence-corrected chi connectivity index (χ0v) is 12.8. The van der Waals surface area contributed by atoms with Gasteiger partial charge in [0.05, 0.1) is 0 Å². The molecular formula is C19H29O. The maximum Gasteiger partial charge on any atom is 0.0466 e. The van der Waals surface area contributed by atoms with E-state index in [0.717, 1.165) is 26.1 Å². The number of benzene rings is 1. The van der Waals surface area contributed by atoms with Crippen LogP contribution in [0.4, 0.5) is 0 Å². The Labute approximate surface area is 124 Å². The first kappa shape index (κ1) is 15.6. The molecule has 0 aromatic heterocycles. The lowest BCUT2D eigenvalue weighted by atomic mass is 9.89. The number of unbranched alkanes of at least 4 members (excludes halogenated alkanes) is 3. The molecule has 0 heterocycles. The van der Waals surface area contributed by atoms with Crippen molar-refractivity contribution < 1.29 is 4.74 Å². The van der Waals surface area contributed by atoms with Gasteiger partial charge in [-0.05, 0) is 68.1 Å². The van der Waals surface area contributed by atoms with E-state index in [1.54, 1.807) is 11.1 Å². The SMILES string of the molecule is [CH2]CCCCOCCCCc1ccc2c(c1)CCCC2. The van der Waals surface area contributed by atoms with Gasteiger partial charge in [-0.25, -0.2) is 0 Å². The first-order valence-corrected chi connectivity index (χ1v) is 8.38. The van der Waals surface area contributed by atoms with Gasteiger partial charge in [0.2, 0.25) is 0 Å². The van der Waals surface area contributed by atoms with Crippen molar-refractivity contribution in [3.8, 4) is 0 Å². The summed E-state index contributed by atoms with van der Waals surface area (Å²) in [5, 5.41) is 0. The van der Waals surface area contributed by atoms with E-state index in [1.165, 1.54) is 56.9 Å². The number of fused-ring (bicyclic) bond motifs is 1. The second-order valence-corrected chi connectivity index (χ2v) is 5.94. The minimum Gasteiger partial charge on any atom is -0.381 e. The molecule has 1 nitrogen and oxygen atoms in total. The van der Waals surface area contributed by atoms with Gasteiger partial charge >= 0.3 is 0 Å². The Hall–Kier alpha value is -0.820. The summed E-state index contributed by atoms with van der Waals surface area (Å²) in [6.07, 6.45) is 12.3. The number of hydrogen-bond donors (Lipinski definition) is 0. The van der Waals surface area contributed by atoms with Gasteiger partial charge in [-0.3, -0.25) is 0 Å². The van der Waals surface area contributed by atoms with Gasteiger partial charge in [0.25, 0.3) is 0 Å². The summed E-state index contributed by atoms with van der Waals surface area (Å²) in [5.41, 5.74) is 4.72. The summed E-state index contributed by atoms with van der Waals surface area (Å²) in [6.45, 7) is 5.67. The Morgan fingerprint density at radius 1 is 0.900 bits per heavy atom. The van der Waals surface area contributed by atoms with Crippen LogP contribution in [0.2, 0.25) is 0 Å². The lowest BCUT2D eigenvalue weighted by molar-refractivity contribution is 0.127. The normalized spacial score (nSPS) is 14.2. The minimum atomic E-state index is 0.911. The summed E-state index contributed by atoms with van der Waals surface area (Å²) >= 11 is 0. The zero-order valence-electron chi connectivity index (χ0n) is 12.8. The van der Waals surface area contributed by atoms with Crippen LogP contribution in [0, 0.1) is 6.92 Å². The van der Waals surface area contributed by atoms with E-state index in [1.807, 2.05) is 0 Å². The predicted molar refractivity (Wildman–Crippen MR) is 86.0 cm³/mol. The number of ether oxygens (including phenoxy) is 1. The molecule has 1 radical (unpaired) electrons. The molecule has 0 unspecified atom stereocenters. The largest absolute Gasteiger partial charge is 0.381 e. The molecule has 20 heavy (non-hydrogen) atoms. The van der Waals surface area contributed by atoms with Gasteiger partial charge in [-0.2, -0.15) is 0 Å². The predicted octanol–water partition coefficient (Wildman–Crippen LogP) is 4.91. The van der Waals surface area contributed by atoms with Crippen molar-refractivity contribution in [2.45, 2.75) is 64.2 Å². The number of hydrogen-bond acceptors (Lipinski definition) is 1. The van der Waals surface area contributed by atoms with Crippen molar-refractivity contribution in [2.75, 3.05) is 13.2 Å². The molecule has 0 atom stereocenters. The molecule has 0 bridgehead atoms. The van der Waals surface area contributed by atoms with Crippen LogP contribution in [0.5, 0.6) is 0 Å². The Bertz CT molecular complexity index is 383. The minimum absolute atomic E-state index is 0.911. The molecular weight excluding hydrogens is 244 g/mol. The molecule has 1 heteroatoms. The van der Waals surface area contributed by atoms with Crippen LogP contribution in [0.1, 0.15) is 61.6 Å². The fourth-order valence-corrected chi connectivity index (χ4v) is 2.96. The van der Waals surface area contributed by atoms with Crippen LogP contribution in [-0.4, -0.2) is 13.2 Å². The van der Waals surface area contributed by atoms with Crippen LogP contribution in [-0.2, 0) is 24.0 Å². The molecule has 0 amide bonds. The van der Waals surface area contributed by atoms with Gasteiger partial charge < -0.3 is 4.74 Å². The van der Waals surface area contributed by atoms with Crippen LogP contribution in [0.25, 0.3) is 0 Å². The quantitative estimate of drug-likeness (QED) is 0.581. The summed E-state index contributed by atoms with van der Waals surface area (Å²) in [5.74, 6) is 0. The molecule has 0 spiro atoms. The Morgan fingerprint density at radius 2 is 1.65 bits per heavy atom. The van der Waals surface area contributed by atoms with Crippen molar-refractivity contribution in [1.29, 1.82) is 0 Å². The van der Waals surface area contributed by atoms with E-state index in [2.05, 4.69) is 25.1 Å². The molecule has 1 aliphatic carbocycles. The highest BCUT2D eigenvalue weighted by atomic mass is 16.5. The van der Waals surface area contributed by atoms with Gasteiger partial charge in [0.1, 0.15) is 0 Å². The topological polar surface area (TPSA) is 9.23 Å². The maximum atomic E-state index is 5.64. The zero-order chi connectivity index (χ0) is 14.0. The first-order valence-electron chi connectivity index (χ1n) is 8.38. The highest BCUT2D eigenvalue weighted by molar-refractivity contribution is 5.33. The van der Waals surface area contributed by atoms with Crippen molar-refractivity contribution in [3.05, 3.63) is 41.8 Å². The molecule has 1 aromatic carbocycles. The van der Waals surface area contributed by atoms with E-state index in [4.69, 9.17) is 4.74 Å². The first-order chi connectivity index (χ1) is 9.90. The van der Waals surface area contributed by atoms with Crippen LogP contribution < -0.4 is 0 Å². The van der Waals surface area contributed by atoms with Crippen LogP contribution in [0.15, 0.2) is 18.2 Å². The van der Waals surface area contributed by atoms with Crippen molar-refractivity contribution in [3.63, 3.8) is 0 Å².